The van der Waals surface area contributed by atoms with Gasteiger partial charge in [-0.05, 0) is 32.4 Å². The summed E-state index contributed by atoms with van der Waals surface area (Å²) in [5, 5.41) is 0. The minimum absolute atomic E-state index is 0.192. The maximum atomic E-state index is 5.71. The Balaban J connectivity index is 2.98. The van der Waals surface area contributed by atoms with Crippen LogP contribution in [-0.2, 0) is 0 Å². The number of aryl methyl sites for hydroxylation is 2. The lowest BCUT2D eigenvalue weighted by atomic mass is 10.2. The monoisotopic (exact) mass is 155 g/mol. The van der Waals surface area contributed by atoms with Gasteiger partial charge in [0, 0.05) is 15.8 Å². The molecule has 1 nitrogen and oxygen atoms in total. The van der Waals surface area contributed by atoms with Crippen molar-refractivity contribution in [2.75, 3.05) is 0 Å². The zero-order valence-electron chi connectivity index (χ0n) is 6.64. The van der Waals surface area contributed by atoms with E-state index in [2.05, 4.69) is 19.9 Å². The van der Waals surface area contributed by atoms with E-state index in [0.29, 0.717) is 0 Å². The minimum atomic E-state index is 0.192. The smallest absolute Gasteiger partial charge is 0.0361 e. The van der Waals surface area contributed by atoms with Gasteiger partial charge in [-0.1, -0.05) is 0 Å². The zero-order valence-corrected chi connectivity index (χ0v) is 7.46. The lowest BCUT2D eigenvalue weighted by Crippen LogP contribution is -2.01. The quantitative estimate of drug-likeness (QED) is 0.662. The number of hydrogen-bond donors (Lipinski definition) is 1. The number of rotatable bonds is 1. The van der Waals surface area contributed by atoms with Gasteiger partial charge in [-0.25, -0.2) is 0 Å². The van der Waals surface area contributed by atoms with Crippen LogP contribution in [0.15, 0.2) is 6.07 Å². The molecule has 0 fully saturated rings. The molecule has 0 unspecified atom stereocenters. The van der Waals surface area contributed by atoms with Gasteiger partial charge in [0.1, 0.15) is 0 Å². The van der Waals surface area contributed by atoms with Crippen molar-refractivity contribution < 1.29 is 0 Å². The van der Waals surface area contributed by atoms with Gasteiger partial charge in [-0.2, -0.15) is 0 Å². The highest BCUT2D eigenvalue weighted by Gasteiger charge is 2.03. The van der Waals surface area contributed by atoms with Crippen LogP contribution in [0.4, 0.5) is 0 Å². The molecule has 2 N–H and O–H groups in total. The Morgan fingerprint density at radius 1 is 1.50 bits per heavy atom. The highest BCUT2D eigenvalue weighted by Crippen LogP contribution is 2.24. The van der Waals surface area contributed by atoms with E-state index in [1.807, 2.05) is 6.92 Å². The van der Waals surface area contributed by atoms with E-state index < -0.39 is 0 Å². The van der Waals surface area contributed by atoms with E-state index >= 15 is 0 Å². The van der Waals surface area contributed by atoms with Crippen LogP contribution in [-0.4, -0.2) is 0 Å². The predicted molar refractivity (Wildman–Crippen MR) is 46.4 cm³/mol. The molecule has 0 aliphatic carbocycles. The molecule has 1 heterocycles. The molecule has 56 valence electrons. The molecule has 0 saturated carbocycles. The fourth-order valence-corrected chi connectivity index (χ4v) is 1.82. The fraction of sp³-hybridized carbons (Fsp3) is 0.500. The lowest BCUT2D eigenvalue weighted by molar-refractivity contribution is 0.838. The van der Waals surface area contributed by atoms with Crippen LogP contribution >= 0.6 is 11.3 Å². The SMILES string of the molecule is Cc1cc([C@@H](C)N)sc1C. The molecule has 1 atom stereocenters. The molecule has 0 amide bonds. The van der Waals surface area contributed by atoms with Crippen LogP contribution in [0.5, 0.6) is 0 Å². The Kier molecular flexibility index (Phi) is 2.11. The first-order valence-electron chi connectivity index (χ1n) is 3.43. The van der Waals surface area contributed by atoms with E-state index in [0.717, 1.165) is 0 Å². The molecule has 0 aliphatic rings. The van der Waals surface area contributed by atoms with E-state index in [-0.39, 0.29) is 6.04 Å². The summed E-state index contributed by atoms with van der Waals surface area (Å²) in [5.41, 5.74) is 7.06. The molecule has 1 rings (SSSR count). The molecule has 2 heteroatoms. The highest BCUT2D eigenvalue weighted by atomic mass is 32.1. The Bertz CT molecular complexity index is 206. The summed E-state index contributed by atoms with van der Waals surface area (Å²) in [6.07, 6.45) is 0. The van der Waals surface area contributed by atoms with Crippen LogP contribution in [0, 0.1) is 13.8 Å². The third-order valence-corrected chi connectivity index (χ3v) is 2.99. The second kappa shape index (κ2) is 2.72. The van der Waals surface area contributed by atoms with E-state index in [4.69, 9.17) is 5.73 Å². The summed E-state index contributed by atoms with van der Waals surface area (Å²) in [6, 6.07) is 2.36. The van der Waals surface area contributed by atoms with Crippen LogP contribution < -0.4 is 5.73 Å². The van der Waals surface area contributed by atoms with Gasteiger partial charge in [0.2, 0.25) is 0 Å². The first kappa shape index (κ1) is 7.76. The normalized spacial score (nSPS) is 13.6. The third kappa shape index (κ3) is 1.39. The molecule has 0 radical (unpaired) electrons. The highest BCUT2D eigenvalue weighted by molar-refractivity contribution is 7.12. The van der Waals surface area contributed by atoms with Gasteiger partial charge in [0.15, 0.2) is 0 Å². The van der Waals surface area contributed by atoms with Gasteiger partial charge < -0.3 is 5.73 Å². The summed E-state index contributed by atoms with van der Waals surface area (Å²) in [4.78, 5) is 2.67. The van der Waals surface area contributed by atoms with Crippen molar-refractivity contribution in [3.05, 3.63) is 21.4 Å². The molecule has 0 aliphatic heterocycles. The summed E-state index contributed by atoms with van der Waals surface area (Å²) < 4.78 is 0. The van der Waals surface area contributed by atoms with Crippen LogP contribution in [0.3, 0.4) is 0 Å². The maximum Gasteiger partial charge on any atom is 0.0361 e. The summed E-state index contributed by atoms with van der Waals surface area (Å²) in [5.74, 6) is 0. The van der Waals surface area contributed by atoms with Crippen molar-refractivity contribution in [2.24, 2.45) is 5.73 Å². The summed E-state index contributed by atoms with van der Waals surface area (Å²) in [6.45, 7) is 6.27. The van der Waals surface area contributed by atoms with E-state index in [1.54, 1.807) is 11.3 Å². The predicted octanol–water partition coefficient (Wildman–Crippen LogP) is 2.38. The van der Waals surface area contributed by atoms with Gasteiger partial charge in [-0.15, -0.1) is 11.3 Å². The first-order chi connectivity index (χ1) is 4.61. The second-order valence-corrected chi connectivity index (χ2v) is 3.96. The lowest BCUT2D eigenvalue weighted by Gasteiger charge is -1.97. The molecule has 1 aromatic heterocycles. The molecular weight excluding hydrogens is 142 g/mol. The van der Waals surface area contributed by atoms with Crippen molar-refractivity contribution in [3.63, 3.8) is 0 Å². The van der Waals surface area contributed by atoms with E-state index in [9.17, 15) is 0 Å². The third-order valence-electron chi connectivity index (χ3n) is 1.63. The summed E-state index contributed by atoms with van der Waals surface area (Å²) in [7, 11) is 0. The average molecular weight is 155 g/mol. The molecule has 0 bridgehead atoms. The van der Waals surface area contributed by atoms with Crippen molar-refractivity contribution in [2.45, 2.75) is 26.8 Å². The average Bonchev–Trinajstić information content (AvgIpc) is 2.13. The van der Waals surface area contributed by atoms with Gasteiger partial charge >= 0.3 is 0 Å². The maximum absolute atomic E-state index is 5.71. The van der Waals surface area contributed by atoms with Crippen LogP contribution in [0.25, 0.3) is 0 Å². The number of thiophene rings is 1. The van der Waals surface area contributed by atoms with Crippen molar-refractivity contribution in [3.8, 4) is 0 Å². The number of nitrogens with two attached hydrogens (primary N) is 1. The number of hydrogen-bond acceptors (Lipinski definition) is 2. The molecule has 1 aromatic rings. The molecule has 0 saturated heterocycles. The topological polar surface area (TPSA) is 26.0 Å². The molecule has 10 heavy (non-hydrogen) atoms. The van der Waals surface area contributed by atoms with Crippen molar-refractivity contribution in [1.82, 2.24) is 0 Å². The zero-order chi connectivity index (χ0) is 7.72. The minimum Gasteiger partial charge on any atom is -0.324 e. The fourth-order valence-electron chi connectivity index (χ4n) is 0.826. The van der Waals surface area contributed by atoms with Crippen LogP contribution in [0.2, 0.25) is 0 Å². The largest absolute Gasteiger partial charge is 0.324 e. The Morgan fingerprint density at radius 2 is 2.10 bits per heavy atom. The van der Waals surface area contributed by atoms with Gasteiger partial charge in [0.05, 0.1) is 0 Å². The van der Waals surface area contributed by atoms with Gasteiger partial charge in [0.25, 0.3) is 0 Å². The van der Waals surface area contributed by atoms with Crippen molar-refractivity contribution in [1.29, 1.82) is 0 Å². The summed E-state index contributed by atoms with van der Waals surface area (Å²) >= 11 is 1.80. The van der Waals surface area contributed by atoms with Crippen molar-refractivity contribution >= 4 is 11.3 Å². The molecule has 0 spiro atoms. The second-order valence-electron chi connectivity index (χ2n) is 2.68. The molecular formula is C8H13NS. The Labute approximate surface area is 65.9 Å². The Hall–Kier alpha value is -0.340. The molecule has 0 aromatic carbocycles. The standard InChI is InChI=1S/C8H13NS/c1-5-4-8(6(2)9)10-7(5)3/h4,6H,9H2,1-3H3/t6-/m1/s1. The first-order valence-corrected chi connectivity index (χ1v) is 4.25. The van der Waals surface area contributed by atoms with Crippen LogP contribution in [0.1, 0.15) is 28.3 Å². The Morgan fingerprint density at radius 3 is 2.30 bits per heavy atom. The van der Waals surface area contributed by atoms with E-state index in [1.165, 1.54) is 15.3 Å². The van der Waals surface area contributed by atoms with Gasteiger partial charge in [-0.3, -0.25) is 0 Å².